The van der Waals surface area contributed by atoms with Gasteiger partial charge in [-0.05, 0) is 57.3 Å². The third-order valence-electron chi connectivity index (χ3n) is 12.6. The van der Waals surface area contributed by atoms with E-state index in [1.165, 1.54) is 14.0 Å². The second kappa shape index (κ2) is 23.7. The molecule has 1 N–H and O–H groups in total. The Kier molecular flexibility index (Phi) is 19.0. The van der Waals surface area contributed by atoms with Crippen molar-refractivity contribution >= 4 is 29.8 Å². The van der Waals surface area contributed by atoms with Gasteiger partial charge in [0.25, 0.3) is 0 Å². The smallest absolute Gasteiger partial charge is 0.342 e. The topological polar surface area (TPSA) is 198 Å². The summed E-state index contributed by atoms with van der Waals surface area (Å²) in [6, 6.07) is 0. The van der Waals surface area contributed by atoms with Gasteiger partial charge in [0.2, 0.25) is 5.60 Å². The second-order valence-corrected chi connectivity index (χ2v) is 18.1. The molecule has 0 aliphatic carbocycles. The van der Waals surface area contributed by atoms with E-state index < -0.39 is 103 Å². The maximum absolute atomic E-state index is 13.8. The minimum atomic E-state index is -2.24. The highest BCUT2D eigenvalue weighted by Crippen LogP contribution is 2.41. The molecule has 0 saturated carbocycles. The molecular formula is C47H72O16. The van der Waals surface area contributed by atoms with E-state index in [1.807, 2.05) is 32.9 Å². The fourth-order valence-electron chi connectivity index (χ4n) is 9.49. The van der Waals surface area contributed by atoms with Crippen LogP contribution in [0, 0.1) is 11.8 Å². The fraction of sp³-hybridized carbons (Fsp3) is 0.809. The number of fused-ring (bicyclic) bond motifs is 6. The van der Waals surface area contributed by atoms with Gasteiger partial charge in [0, 0.05) is 65.4 Å². The number of ether oxygens (including phenoxy) is 10. The van der Waals surface area contributed by atoms with Gasteiger partial charge in [0.05, 0.1) is 36.6 Å². The van der Waals surface area contributed by atoms with Gasteiger partial charge in [-0.3, -0.25) is 19.2 Å². The van der Waals surface area contributed by atoms with E-state index in [9.17, 15) is 29.1 Å². The normalized spacial score (nSPS) is 38.6. The average molecular weight is 893 g/mol. The number of rotatable bonds is 13. The lowest BCUT2D eigenvalue weighted by Crippen LogP contribution is -2.61. The highest BCUT2D eigenvalue weighted by atomic mass is 16.7. The SMILES string of the molecule is CCCC(=O)OC1C(C)OC(OC2CC3CC(C)C=CC=CCC4OC(CC4C)C(OC(C)=O)CC4CC(O)(C(=O)O4)C(OC(=O)CCC)CC(C2)O3)C(OC)C1OC(=O)CCC. The molecule has 0 aromatic heterocycles. The summed E-state index contributed by atoms with van der Waals surface area (Å²) in [6.07, 6.45) is 2.52. The third-order valence-corrected chi connectivity index (χ3v) is 12.6. The molecule has 16 unspecified atom stereocenters. The summed E-state index contributed by atoms with van der Waals surface area (Å²) in [7, 11) is 1.45. The molecule has 5 heterocycles. The molecule has 0 amide bonds. The average Bonchev–Trinajstić information content (AvgIpc) is 3.72. The second-order valence-electron chi connectivity index (χ2n) is 18.1. The molecule has 5 rings (SSSR count). The van der Waals surface area contributed by atoms with Crippen LogP contribution < -0.4 is 0 Å². The molecule has 5 aliphatic heterocycles. The van der Waals surface area contributed by atoms with Crippen molar-refractivity contribution < 1.29 is 76.4 Å². The van der Waals surface area contributed by atoms with Gasteiger partial charge in [-0.1, -0.05) is 58.9 Å². The maximum atomic E-state index is 13.8. The van der Waals surface area contributed by atoms with Gasteiger partial charge < -0.3 is 52.5 Å². The lowest BCUT2D eigenvalue weighted by Gasteiger charge is -2.46. The Morgan fingerprint density at radius 1 is 0.730 bits per heavy atom. The molecule has 356 valence electrons. The molecule has 6 bridgehead atoms. The first kappa shape index (κ1) is 50.6. The first-order valence-electron chi connectivity index (χ1n) is 23.2. The van der Waals surface area contributed by atoms with Crippen molar-refractivity contribution in [2.75, 3.05) is 7.11 Å². The van der Waals surface area contributed by atoms with Gasteiger partial charge in [0.15, 0.2) is 18.5 Å². The van der Waals surface area contributed by atoms with Crippen LogP contribution >= 0.6 is 0 Å². The lowest BCUT2D eigenvalue weighted by atomic mass is 9.85. The minimum Gasteiger partial charge on any atom is -0.460 e. The van der Waals surface area contributed by atoms with E-state index in [0.29, 0.717) is 44.9 Å². The number of carbonyl (C=O) groups excluding carboxylic acids is 5. The zero-order chi connectivity index (χ0) is 45.8. The molecule has 63 heavy (non-hydrogen) atoms. The predicted molar refractivity (Wildman–Crippen MR) is 226 cm³/mol. The number of esters is 5. The van der Waals surface area contributed by atoms with Crippen molar-refractivity contribution in [3.8, 4) is 0 Å². The highest BCUT2D eigenvalue weighted by molar-refractivity contribution is 5.83. The highest BCUT2D eigenvalue weighted by Gasteiger charge is 2.57. The number of allylic oxidation sites excluding steroid dienone is 3. The van der Waals surface area contributed by atoms with Crippen LogP contribution in [0.5, 0.6) is 0 Å². The van der Waals surface area contributed by atoms with Crippen LogP contribution in [0.1, 0.15) is 138 Å². The summed E-state index contributed by atoms with van der Waals surface area (Å²) in [5.74, 6) is -2.74. The number of carbonyl (C=O) groups is 5. The van der Waals surface area contributed by atoms with Crippen molar-refractivity contribution in [2.45, 2.75) is 223 Å². The maximum Gasteiger partial charge on any atom is 0.342 e. The first-order valence-corrected chi connectivity index (χ1v) is 23.2. The van der Waals surface area contributed by atoms with Gasteiger partial charge in [-0.15, -0.1) is 0 Å². The lowest BCUT2D eigenvalue weighted by molar-refractivity contribution is -0.319. The van der Waals surface area contributed by atoms with Gasteiger partial charge in [0.1, 0.15) is 24.4 Å². The Hall–Kier alpha value is -3.41. The Morgan fingerprint density at radius 3 is 2.00 bits per heavy atom. The zero-order valence-electron chi connectivity index (χ0n) is 38.4. The minimum absolute atomic E-state index is 0.0479. The number of hydrogen-bond donors (Lipinski definition) is 1. The predicted octanol–water partition coefficient (Wildman–Crippen LogP) is 5.91. The van der Waals surface area contributed by atoms with Crippen molar-refractivity contribution in [1.29, 1.82) is 0 Å². The Morgan fingerprint density at radius 2 is 1.37 bits per heavy atom. The molecule has 16 heteroatoms. The summed E-state index contributed by atoms with van der Waals surface area (Å²) < 4.78 is 61.5. The largest absolute Gasteiger partial charge is 0.460 e. The summed E-state index contributed by atoms with van der Waals surface area (Å²) in [6.45, 7) is 12.8. The van der Waals surface area contributed by atoms with Crippen molar-refractivity contribution in [1.82, 2.24) is 0 Å². The molecule has 0 aromatic rings. The molecule has 16 atom stereocenters. The summed E-state index contributed by atoms with van der Waals surface area (Å²) in [4.78, 5) is 65.0. The molecule has 4 saturated heterocycles. The van der Waals surface area contributed by atoms with Gasteiger partial charge >= 0.3 is 29.8 Å². The Balaban J connectivity index is 1.46. The quantitative estimate of drug-likeness (QED) is 0.169. The summed E-state index contributed by atoms with van der Waals surface area (Å²) in [5.41, 5.74) is -2.24. The van der Waals surface area contributed by atoms with Crippen LogP contribution in [0.15, 0.2) is 24.3 Å². The molecule has 5 aliphatic rings. The van der Waals surface area contributed by atoms with Crippen LogP contribution in [0.3, 0.4) is 0 Å². The van der Waals surface area contributed by atoms with Crippen LogP contribution in [-0.4, -0.2) is 127 Å². The molecule has 4 fully saturated rings. The first-order chi connectivity index (χ1) is 30.1. The molecule has 0 radical (unpaired) electrons. The van der Waals surface area contributed by atoms with E-state index in [1.54, 1.807) is 6.92 Å². The number of aliphatic hydroxyl groups is 1. The molecular weight excluding hydrogens is 821 g/mol. The Labute approximate surface area is 372 Å². The van der Waals surface area contributed by atoms with E-state index in [2.05, 4.69) is 26.0 Å². The summed E-state index contributed by atoms with van der Waals surface area (Å²) in [5, 5.41) is 12.3. The van der Waals surface area contributed by atoms with E-state index >= 15 is 0 Å². The zero-order valence-corrected chi connectivity index (χ0v) is 38.4. The number of methoxy groups -OCH3 is 1. The molecule has 0 spiro atoms. The summed E-state index contributed by atoms with van der Waals surface area (Å²) >= 11 is 0. The molecule has 16 nitrogen and oxygen atoms in total. The van der Waals surface area contributed by atoms with Crippen molar-refractivity contribution in [2.24, 2.45) is 11.8 Å². The van der Waals surface area contributed by atoms with E-state index in [0.717, 1.165) is 0 Å². The Bertz CT molecular complexity index is 1600. The van der Waals surface area contributed by atoms with E-state index in [-0.39, 0.29) is 69.0 Å². The van der Waals surface area contributed by atoms with Gasteiger partial charge in [-0.25, -0.2) is 4.79 Å². The van der Waals surface area contributed by atoms with E-state index in [4.69, 9.17) is 47.4 Å². The standard InChI is InChI=1S/C47H72O16/c1-9-15-39(49)61-38-25-33-23-32(58-45-44(54-8)43(63-41(51)17-11-3)42(29(6)55-45)62-40(50)16-10-2)22-31(57-33)20-27(4)18-13-12-14-19-35-28(5)21-36(60-35)37(56-30(7)48)24-34-26-47(38,53)46(52)59-34/h12-14,18,27-29,31-38,42-45,53H,9-11,15-17,19-26H2,1-8H3. The van der Waals surface area contributed by atoms with Crippen molar-refractivity contribution in [3.63, 3.8) is 0 Å². The van der Waals surface area contributed by atoms with Crippen molar-refractivity contribution in [3.05, 3.63) is 24.3 Å². The van der Waals surface area contributed by atoms with Gasteiger partial charge in [-0.2, -0.15) is 0 Å². The third kappa shape index (κ3) is 13.8. The number of hydrogen-bond acceptors (Lipinski definition) is 16. The van der Waals surface area contributed by atoms with Crippen LogP contribution in [0.25, 0.3) is 0 Å². The monoisotopic (exact) mass is 892 g/mol. The van der Waals surface area contributed by atoms with Crippen LogP contribution in [0.2, 0.25) is 0 Å². The molecule has 0 aromatic carbocycles. The fourth-order valence-corrected chi connectivity index (χ4v) is 9.49. The van der Waals surface area contributed by atoms with Crippen LogP contribution in [0.4, 0.5) is 0 Å². The van der Waals surface area contributed by atoms with Crippen LogP contribution in [-0.2, 0) is 71.3 Å².